The maximum absolute atomic E-state index is 12.4. The van der Waals surface area contributed by atoms with Gasteiger partial charge in [-0.15, -0.1) is 0 Å². The van der Waals surface area contributed by atoms with Crippen molar-refractivity contribution in [3.05, 3.63) is 59.1 Å². The number of nitrogens with one attached hydrogen (secondary N) is 1. The molecule has 0 aliphatic carbocycles. The lowest BCUT2D eigenvalue weighted by molar-refractivity contribution is -0.131. The number of ether oxygens (including phenoxy) is 1. The Hall–Kier alpha value is -3.22. The Morgan fingerprint density at radius 2 is 1.86 bits per heavy atom. The van der Waals surface area contributed by atoms with Gasteiger partial charge in [0.05, 0.1) is 12.1 Å². The molecule has 0 radical (unpaired) electrons. The molecule has 0 saturated carbocycles. The number of piperazine rings is 1. The van der Waals surface area contributed by atoms with Gasteiger partial charge in [-0.25, -0.2) is 4.79 Å². The van der Waals surface area contributed by atoms with Crippen molar-refractivity contribution >= 4 is 22.7 Å². The van der Waals surface area contributed by atoms with Crippen LogP contribution in [0.4, 0.5) is 5.69 Å². The van der Waals surface area contributed by atoms with Gasteiger partial charge in [0.1, 0.15) is 5.75 Å². The van der Waals surface area contributed by atoms with Crippen LogP contribution in [0.3, 0.4) is 0 Å². The van der Waals surface area contributed by atoms with Crippen molar-refractivity contribution < 1.29 is 13.9 Å². The summed E-state index contributed by atoms with van der Waals surface area (Å²) in [5.41, 5.74) is 2.27. The third-order valence-corrected chi connectivity index (χ3v) is 4.95. The van der Waals surface area contributed by atoms with Crippen LogP contribution in [0, 0.1) is 0 Å². The molecule has 28 heavy (non-hydrogen) atoms. The van der Waals surface area contributed by atoms with Crippen LogP contribution in [-0.2, 0) is 4.79 Å². The molecule has 0 bridgehead atoms. The molecule has 7 nitrogen and oxygen atoms in total. The van der Waals surface area contributed by atoms with E-state index < -0.39 is 5.76 Å². The van der Waals surface area contributed by atoms with Crippen molar-refractivity contribution in [2.75, 3.05) is 37.7 Å². The SMILES string of the molecule is O=C(CCCOc1ccccc1)N1CCN(c2ccc3oc(=O)[nH]c3c2)CC1. The van der Waals surface area contributed by atoms with Crippen LogP contribution < -0.4 is 15.4 Å². The molecule has 1 aromatic heterocycles. The van der Waals surface area contributed by atoms with Crippen molar-refractivity contribution in [2.45, 2.75) is 12.8 Å². The third kappa shape index (κ3) is 4.19. The van der Waals surface area contributed by atoms with E-state index in [2.05, 4.69) is 9.88 Å². The molecule has 3 aromatic rings. The van der Waals surface area contributed by atoms with Crippen LogP contribution in [0.1, 0.15) is 12.8 Å². The lowest BCUT2D eigenvalue weighted by Crippen LogP contribution is -2.48. The zero-order valence-electron chi connectivity index (χ0n) is 15.6. The fraction of sp³-hybridized carbons (Fsp3) is 0.333. The first-order valence-corrected chi connectivity index (χ1v) is 9.52. The Morgan fingerprint density at radius 1 is 1.07 bits per heavy atom. The quantitative estimate of drug-likeness (QED) is 0.664. The van der Waals surface area contributed by atoms with E-state index in [1.54, 1.807) is 6.07 Å². The van der Waals surface area contributed by atoms with Gasteiger partial charge < -0.3 is 19.0 Å². The summed E-state index contributed by atoms with van der Waals surface area (Å²) in [7, 11) is 0. The molecule has 146 valence electrons. The minimum absolute atomic E-state index is 0.172. The molecule has 2 heterocycles. The van der Waals surface area contributed by atoms with E-state index in [9.17, 15) is 9.59 Å². The largest absolute Gasteiger partial charge is 0.494 e. The number of fused-ring (bicyclic) bond motifs is 1. The normalized spacial score (nSPS) is 14.4. The number of anilines is 1. The highest BCUT2D eigenvalue weighted by Gasteiger charge is 2.21. The molecule has 4 rings (SSSR count). The standard InChI is InChI=1S/C21H23N3O4/c25-20(7-4-14-27-17-5-2-1-3-6-17)24-12-10-23(11-13-24)16-8-9-19-18(15-16)22-21(26)28-19/h1-3,5-6,8-9,15H,4,7,10-14H2,(H,22,26). The number of aromatic nitrogens is 1. The highest BCUT2D eigenvalue weighted by molar-refractivity contribution is 5.78. The molecule has 7 heteroatoms. The van der Waals surface area contributed by atoms with E-state index >= 15 is 0 Å². The summed E-state index contributed by atoms with van der Waals surface area (Å²) >= 11 is 0. The minimum atomic E-state index is -0.446. The van der Waals surface area contributed by atoms with Crippen LogP contribution >= 0.6 is 0 Å². The second kappa shape index (κ2) is 8.21. The molecule has 1 N–H and O–H groups in total. The van der Waals surface area contributed by atoms with Gasteiger partial charge >= 0.3 is 5.76 Å². The molecule has 0 atom stereocenters. The molecular weight excluding hydrogens is 358 g/mol. The van der Waals surface area contributed by atoms with E-state index in [0.29, 0.717) is 43.6 Å². The average molecular weight is 381 g/mol. The highest BCUT2D eigenvalue weighted by atomic mass is 16.5. The maximum Gasteiger partial charge on any atom is 0.417 e. The first-order valence-electron chi connectivity index (χ1n) is 9.52. The number of hydrogen-bond donors (Lipinski definition) is 1. The third-order valence-electron chi connectivity index (χ3n) is 4.95. The molecule has 0 spiro atoms. The van der Waals surface area contributed by atoms with Crippen LogP contribution in [-0.4, -0.2) is 48.6 Å². The Labute approximate surface area is 162 Å². The number of nitrogens with zero attached hydrogens (tertiary/aromatic N) is 2. The lowest BCUT2D eigenvalue weighted by atomic mass is 10.2. The van der Waals surface area contributed by atoms with Gasteiger partial charge in [-0.2, -0.15) is 0 Å². The lowest BCUT2D eigenvalue weighted by Gasteiger charge is -2.36. The van der Waals surface area contributed by atoms with Crippen molar-refractivity contribution in [3.8, 4) is 5.75 Å². The molecule has 1 amide bonds. The number of carbonyl (C=O) groups excluding carboxylic acids is 1. The second-order valence-corrected chi connectivity index (χ2v) is 6.83. The van der Waals surface area contributed by atoms with E-state index in [-0.39, 0.29) is 5.91 Å². The van der Waals surface area contributed by atoms with Crippen LogP contribution in [0.15, 0.2) is 57.7 Å². The van der Waals surface area contributed by atoms with Crippen LogP contribution in [0.25, 0.3) is 11.1 Å². The molecule has 2 aromatic carbocycles. The van der Waals surface area contributed by atoms with Crippen molar-refractivity contribution in [2.24, 2.45) is 0 Å². The predicted molar refractivity (Wildman–Crippen MR) is 107 cm³/mol. The van der Waals surface area contributed by atoms with Gasteiger partial charge in [0.15, 0.2) is 5.58 Å². The number of hydrogen-bond acceptors (Lipinski definition) is 5. The molecular formula is C21H23N3O4. The van der Waals surface area contributed by atoms with E-state index in [0.717, 1.165) is 24.5 Å². The van der Waals surface area contributed by atoms with Crippen LogP contribution in [0.5, 0.6) is 5.75 Å². The fourth-order valence-corrected chi connectivity index (χ4v) is 3.44. The summed E-state index contributed by atoms with van der Waals surface area (Å²) in [4.78, 5) is 30.5. The number of para-hydroxylation sites is 1. The summed E-state index contributed by atoms with van der Waals surface area (Å²) in [5, 5.41) is 0. The van der Waals surface area contributed by atoms with Gasteiger partial charge in [0, 0.05) is 38.3 Å². The molecule has 1 aliphatic heterocycles. The molecule has 1 saturated heterocycles. The zero-order chi connectivity index (χ0) is 19.3. The number of benzene rings is 2. The van der Waals surface area contributed by atoms with Gasteiger partial charge in [-0.3, -0.25) is 9.78 Å². The Kier molecular flexibility index (Phi) is 5.32. The smallest absolute Gasteiger partial charge is 0.417 e. The summed E-state index contributed by atoms with van der Waals surface area (Å²) in [6.45, 7) is 3.45. The van der Waals surface area contributed by atoms with Crippen molar-refractivity contribution in [1.82, 2.24) is 9.88 Å². The van der Waals surface area contributed by atoms with Gasteiger partial charge in [0.25, 0.3) is 0 Å². The fourth-order valence-electron chi connectivity index (χ4n) is 3.44. The summed E-state index contributed by atoms with van der Waals surface area (Å²) < 4.78 is 10.7. The maximum atomic E-state index is 12.4. The first-order chi connectivity index (χ1) is 13.7. The Bertz CT molecular complexity index is 988. The highest BCUT2D eigenvalue weighted by Crippen LogP contribution is 2.21. The zero-order valence-corrected chi connectivity index (χ0v) is 15.6. The predicted octanol–water partition coefficient (Wildman–Crippen LogP) is 2.63. The van der Waals surface area contributed by atoms with Gasteiger partial charge in [0.2, 0.25) is 5.91 Å². The number of oxazole rings is 1. The van der Waals surface area contributed by atoms with Gasteiger partial charge in [-0.1, -0.05) is 18.2 Å². The number of rotatable bonds is 6. The average Bonchev–Trinajstić information content (AvgIpc) is 3.11. The number of amides is 1. The van der Waals surface area contributed by atoms with E-state index in [1.807, 2.05) is 47.4 Å². The number of carbonyl (C=O) groups is 1. The minimum Gasteiger partial charge on any atom is -0.494 e. The first kappa shape index (κ1) is 18.2. The molecule has 1 aliphatic rings. The molecule has 0 unspecified atom stereocenters. The van der Waals surface area contributed by atoms with E-state index in [4.69, 9.17) is 9.15 Å². The number of H-pyrrole nitrogens is 1. The Balaban J connectivity index is 1.23. The second-order valence-electron chi connectivity index (χ2n) is 6.83. The molecule has 1 fully saturated rings. The van der Waals surface area contributed by atoms with Gasteiger partial charge in [-0.05, 0) is 36.8 Å². The number of aromatic amines is 1. The summed E-state index contributed by atoms with van der Waals surface area (Å²) in [5.74, 6) is 0.559. The summed E-state index contributed by atoms with van der Waals surface area (Å²) in [6, 6.07) is 15.3. The van der Waals surface area contributed by atoms with Crippen LogP contribution in [0.2, 0.25) is 0 Å². The van der Waals surface area contributed by atoms with Crippen molar-refractivity contribution in [3.63, 3.8) is 0 Å². The monoisotopic (exact) mass is 381 g/mol. The van der Waals surface area contributed by atoms with Crippen molar-refractivity contribution in [1.29, 1.82) is 0 Å². The topological polar surface area (TPSA) is 78.8 Å². The van der Waals surface area contributed by atoms with E-state index in [1.165, 1.54) is 0 Å². The summed E-state index contributed by atoms with van der Waals surface area (Å²) in [6.07, 6.45) is 1.20. The Morgan fingerprint density at radius 3 is 2.64 bits per heavy atom.